The van der Waals surface area contributed by atoms with Crippen molar-refractivity contribution in [1.82, 2.24) is 4.31 Å². The second-order valence-corrected chi connectivity index (χ2v) is 11.3. The van der Waals surface area contributed by atoms with Gasteiger partial charge in [-0.15, -0.1) is 11.3 Å². The molecule has 4 aromatic rings. The van der Waals surface area contributed by atoms with Gasteiger partial charge in [-0.05, 0) is 60.7 Å². The Morgan fingerprint density at radius 2 is 1.69 bits per heavy atom. The van der Waals surface area contributed by atoms with E-state index in [4.69, 9.17) is 4.74 Å². The molecule has 1 aromatic heterocycles. The van der Waals surface area contributed by atoms with Crippen LogP contribution in [0.1, 0.15) is 20.8 Å². The fraction of sp³-hybridized carbons (Fsp3) is 0.185. The van der Waals surface area contributed by atoms with Gasteiger partial charge >= 0.3 is 5.97 Å². The van der Waals surface area contributed by atoms with Gasteiger partial charge in [0.2, 0.25) is 15.9 Å². The number of benzene rings is 3. The average molecular weight is 523 g/mol. The van der Waals surface area contributed by atoms with Crippen molar-refractivity contribution in [3.8, 4) is 0 Å². The summed E-state index contributed by atoms with van der Waals surface area (Å²) in [6, 6.07) is 23.1. The van der Waals surface area contributed by atoms with Gasteiger partial charge in [0.25, 0.3) is 0 Å². The Morgan fingerprint density at radius 3 is 2.39 bits per heavy atom. The Kier molecular flexibility index (Phi) is 7.83. The highest BCUT2D eigenvalue weighted by Crippen LogP contribution is 2.28. The smallest absolute Gasteiger partial charge is 0.348 e. The molecule has 3 aromatic carbocycles. The second-order valence-electron chi connectivity index (χ2n) is 8.29. The Labute approximate surface area is 214 Å². The van der Waals surface area contributed by atoms with Gasteiger partial charge in [-0.2, -0.15) is 4.31 Å². The first-order valence-corrected chi connectivity index (χ1v) is 13.5. The van der Waals surface area contributed by atoms with Gasteiger partial charge in [0, 0.05) is 16.9 Å². The van der Waals surface area contributed by atoms with Gasteiger partial charge in [0.1, 0.15) is 4.88 Å². The third-order valence-electron chi connectivity index (χ3n) is 5.66. The first-order chi connectivity index (χ1) is 17.3. The monoisotopic (exact) mass is 522 g/mol. The molecule has 36 heavy (non-hydrogen) atoms. The van der Waals surface area contributed by atoms with Crippen molar-refractivity contribution in [2.45, 2.75) is 18.2 Å². The summed E-state index contributed by atoms with van der Waals surface area (Å²) < 4.78 is 33.7. The molecule has 1 N–H and O–H groups in total. The molecule has 186 valence electrons. The summed E-state index contributed by atoms with van der Waals surface area (Å²) in [5.41, 5.74) is 2.44. The Balaban J connectivity index is 1.53. The quantitative estimate of drug-likeness (QED) is 0.317. The summed E-state index contributed by atoms with van der Waals surface area (Å²) >= 11 is 1.30. The number of fused-ring (bicyclic) bond motifs is 1. The molecule has 0 bridgehead atoms. The first kappa shape index (κ1) is 25.6. The molecule has 7 nitrogen and oxygen atoms in total. The highest BCUT2D eigenvalue weighted by molar-refractivity contribution is 7.89. The van der Waals surface area contributed by atoms with Crippen LogP contribution in [0, 0.1) is 6.92 Å². The average Bonchev–Trinajstić information content (AvgIpc) is 3.30. The number of ether oxygens (including phenoxy) is 1. The summed E-state index contributed by atoms with van der Waals surface area (Å²) in [5.74, 6) is -0.876. The van der Waals surface area contributed by atoms with Crippen LogP contribution < -0.4 is 5.32 Å². The number of esters is 1. The molecule has 9 heteroatoms. The lowest BCUT2D eigenvalue weighted by Gasteiger charge is -2.22. The lowest BCUT2D eigenvalue weighted by Crippen LogP contribution is -2.39. The summed E-state index contributed by atoms with van der Waals surface area (Å²) in [7, 11) is -2.57. The third kappa shape index (κ3) is 5.99. The molecule has 0 saturated heterocycles. The van der Waals surface area contributed by atoms with Crippen molar-refractivity contribution in [3.63, 3.8) is 0 Å². The number of nitrogens with zero attached hydrogens (tertiary/aromatic N) is 1. The molecule has 0 atom stereocenters. The van der Waals surface area contributed by atoms with E-state index in [0.717, 1.165) is 21.2 Å². The van der Waals surface area contributed by atoms with Crippen molar-refractivity contribution < 1.29 is 22.7 Å². The number of rotatable bonds is 9. The van der Waals surface area contributed by atoms with Gasteiger partial charge in [-0.3, -0.25) is 4.79 Å². The van der Waals surface area contributed by atoms with Crippen LogP contribution in [0.2, 0.25) is 0 Å². The zero-order valence-corrected chi connectivity index (χ0v) is 21.6. The van der Waals surface area contributed by atoms with Crippen LogP contribution in [0.3, 0.4) is 0 Å². The lowest BCUT2D eigenvalue weighted by molar-refractivity contribution is -0.116. The molecule has 0 radical (unpaired) electrons. The molecule has 0 fully saturated rings. The first-order valence-electron chi connectivity index (χ1n) is 11.3. The van der Waals surface area contributed by atoms with E-state index in [1.54, 1.807) is 48.5 Å². The molecular formula is C27H26N2O5S2. The molecule has 0 aliphatic heterocycles. The minimum Gasteiger partial charge on any atom is -0.465 e. The SMILES string of the molecule is COC(=O)c1cc2cc(NC(=O)CN(CCc3ccccc3)S(=O)(=O)c3ccc(C)cc3)ccc2s1. The van der Waals surface area contributed by atoms with Gasteiger partial charge in [0.05, 0.1) is 18.6 Å². The van der Waals surface area contributed by atoms with Crippen molar-refractivity contribution in [1.29, 1.82) is 0 Å². The summed E-state index contributed by atoms with van der Waals surface area (Å²) in [6.07, 6.45) is 0.469. The number of hydrogen-bond donors (Lipinski definition) is 1. The number of aryl methyl sites for hydroxylation is 1. The van der Waals surface area contributed by atoms with Crippen molar-refractivity contribution in [3.05, 3.63) is 94.9 Å². The van der Waals surface area contributed by atoms with Crippen molar-refractivity contribution in [2.24, 2.45) is 0 Å². The highest BCUT2D eigenvalue weighted by atomic mass is 32.2. The number of amides is 1. The van der Waals surface area contributed by atoms with E-state index >= 15 is 0 Å². The van der Waals surface area contributed by atoms with E-state index in [1.165, 1.54) is 22.8 Å². The zero-order valence-electron chi connectivity index (χ0n) is 19.9. The Bertz CT molecular complexity index is 1480. The molecule has 0 aliphatic rings. The van der Waals surface area contributed by atoms with E-state index in [-0.39, 0.29) is 18.0 Å². The Hall–Kier alpha value is -3.53. The van der Waals surface area contributed by atoms with Gasteiger partial charge in [-0.25, -0.2) is 13.2 Å². The van der Waals surface area contributed by atoms with Gasteiger partial charge < -0.3 is 10.1 Å². The number of nitrogens with one attached hydrogen (secondary N) is 1. The maximum Gasteiger partial charge on any atom is 0.348 e. The maximum atomic E-state index is 13.4. The van der Waals surface area contributed by atoms with E-state index in [9.17, 15) is 18.0 Å². The lowest BCUT2D eigenvalue weighted by atomic mass is 10.1. The van der Waals surface area contributed by atoms with Crippen LogP contribution in [-0.2, 0) is 26.0 Å². The number of hydrogen-bond acceptors (Lipinski definition) is 6. The van der Waals surface area contributed by atoms with E-state index in [0.29, 0.717) is 17.0 Å². The van der Waals surface area contributed by atoms with Gasteiger partial charge in [-0.1, -0.05) is 48.0 Å². The number of methoxy groups -OCH3 is 1. The summed E-state index contributed by atoms with van der Waals surface area (Å²) in [5, 5.41) is 3.57. The minimum atomic E-state index is -3.90. The van der Waals surface area contributed by atoms with Crippen LogP contribution >= 0.6 is 11.3 Å². The predicted molar refractivity (Wildman–Crippen MR) is 142 cm³/mol. The van der Waals surface area contributed by atoms with Crippen molar-refractivity contribution in [2.75, 3.05) is 25.5 Å². The largest absolute Gasteiger partial charge is 0.465 e. The number of thiophene rings is 1. The molecular weight excluding hydrogens is 496 g/mol. The molecule has 1 amide bonds. The van der Waals surface area contributed by atoms with Crippen molar-refractivity contribution >= 4 is 49.0 Å². The highest BCUT2D eigenvalue weighted by Gasteiger charge is 2.26. The topological polar surface area (TPSA) is 92.8 Å². The van der Waals surface area contributed by atoms with Crippen LogP contribution in [-0.4, -0.2) is 44.8 Å². The Morgan fingerprint density at radius 1 is 0.972 bits per heavy atom. The molecule has 0 unspecified atom stereocenters. The van der Waals surface area contributed by atoms with Crippen LogP contribution in [0.25, 0.3) is 10.1 Å². The molecule has 0 saturated carbocycles. The summed E-state index contributed by atoms with van der Waals surface area (Å²) in [6.45, 7) is 1.70. The van der Waals surface area contributed by atoms with Crippen LogP contribution in [0.5, 0.6) is 0 Å². The van der Waals surface area contributed by atoms with E-state index in [2.05, 4.69) is 5.32 Å². The number of carbonyl (C=O) groups excluding carboxylic acids is 2. The number of carbonyl (C=O) groups is 2. The fourth-order valence-electron chi connectivity index (χ4n) is 3.72. The molecule has 0 spiro atoms. The van der Waals surface area contributed by atoms with Gasteiger partial charge in [0.15, 0.2) is 0 Å². The van der Waals surface area contributed by atoms with Crippen LogP contribution in [0.15, 0.2) is 83.8 Å². The molecule has 0 aliphatic carbocycles. The number of sulfonamides is 1. The second kappa shape index (κ2) is 11.0. The third-order valence-corrected chi connectivity index (χ3v) is 8.61. The predicted octanol–water partition coefficient (Wildman–Crippen LogP) is 4.87. The minimum absolute atomic E-state index is 0.143. The van der Waals surface area contributed by atoms with Crippen LogP contribution in [0.4, 0.5) is 5.69 Å². The normalized spacial score (nSPS) is 11.5. The summed E-state index contributed by atoms with van der Waals surface area (Å²) in [4.78, 5) is 25.4. The van der Waals surface area contributed by atoms with E-state index < -0.39 is 21.9 Å². The molecule has 4 rings (SSSR count). The molecule has 1 heterocycles. The fourth-order valence-corrected chi connectivity index (χ4v) is 6.08. The standard InChI is InChI=1S/C27H26N2O5S2/c1-19-8-11-23(12-9-19)36(32,33)29(15-14-20-6-4-3-5-7-20)18-26(30)28-22-10-13-24-21(16-22)17-25(35-24)27(31)34-2/h3-13,16-17H,14-15,18H2,1-2H3,(H,28,30). The number of anilines is 1. The maximum absolute atomic E-state index is 13.4. The zero-order chi connectivity index (χ0) is 25.7. The van der Waals surface area contributed by atoms with E-state index in [1.807, 2.05) is 37.3 Å².